The van der Waals surface area contributed by atoms with E-state index in [-0.39, 0.29) is 40.3 Å². The van der Waals surface area contributed by atoms with Gasteiger partial charge in [0.2, 0.25) is 11.8 Å². The fourth-order valence-corrected chi connectivity index (χ4v) is 3.77. The van der Waals surface area contributed by atoms with E-state index in [1.165, 1.54) is 17.8 Å². The molecule has 2 heterocycles. The molecule has 4 rings (SSSR count). The van der Waals surface area contributed by atoms with Crippen LogP contribution in [0.1, 0.15) is 32.2 Å². The predicted molar refractivity (Wildman–Crippen MR) is 138 cm³/mol. The van der Waals surface area contributed by atoms with E-state index in [0.29, 0.717) is 11.5 Å². The van der Waals surface area contributed by atoms with E-state index in [2.05, 4.69) is 25.5 Å². The first-order chi connectivity index (χ1) is 17.4. The molecule has 0 spiro atoms. The molecule has 0 unspecified atom stereocenters. The Kier molecular flexibility index (Phi) is 8.56. The van der Waals surface area contributed by atoms with Crippen molar-refractivity contribution in [3.8, 4) is 11.5 Å². The molecule has 12 heteroatoms. The first kappa shape index (κ1) is 27.7. The SMILES string of the molecule is CC(C)(C)c1nnc(-c2cnc(Nc3ccc(S(C)(=O)=O)c(F)c3)nc2N)o1.OCCc1ccccc1. The van der Waals surface area contributed by atoms with Crippen molar-refractivity contribution in [1.29, 1.82) is 0 Å². The second-order valence-corrected chi connectivity index (χ2v) is 11.1. The maximum Gasteiger partial charge on any atom is 0.253 e. The third-order valence-corrected chi connectivity index (χ3v) is 6.08. The Balaban J connectivity index is 0.000000356. The summed E-state index contributed by atoms with van der Waals surface area (Å²) in [5, 5.41) is 19.3. The Labute approximate surface area is 214 Å². The molecule has 2 aromatic carbocycles. The maximum atomic E-state index is 14.0. The van der Waals surface area contributed by atoms with Crippen LogP contribution in [0.3, 0.4) is 0 Å². The summed E-state index contributed by atoms with van der Waals surface area (Å²) < 4.78 is 42.6. The van der Waals surface area contributed by atoms with E-state index in [0.717, 1.165) is 24.8 Å². The topological polar surface area (TPSA) is 157 Å². The largest absolute Gasteiger partial charge is 0.420 e. The first-order valence-electron chi connectivity index (χ1n) is 11.3. The minimum atomic E-state index is -3.65. The summed E-state index contributed by atoms with van der Waals surface area (Å²) in [7, 11) is -3.65. The number of aliphatic hydroxyl groups is 1. The van der Waals surface area contributed by atoms with E-state index >= 15 is 0 Å². The standard InChI is InChI=1S/C17H19FN6O3S.C8H10O/c1-17(2,3)15-24-23-14(27-15)10-8-20-16(22-13(10)19)21-9-5-6-12(11(18)7-9)28(4,25)26;9-7-6-8-4-2-1-3-5-8/h5-8H,1-4H3,(H3,19,20,21,22);1-5,9H,6-7H2. The van der Waals surface area contributed by atoms with Gasteiger partial charge in [0.25, 0.3) is 5.89 Å². The quantitative estimate of drug-likeness (QED) is 0.335. The molecule has 0 atom stereocenters. The number of nitrogens with zero attached hydrogens (tertiary/aromatic N) is 4. The van der Waals surface area contributed by atoms with Crippen molar-refractivity contribution < 1.29 is 22.3 Å². The highest BCUT2D eigenvalue weighted by molar-refractivity contribution is 7.90. The van der Waals surface area contributed by atoms with Crippen LogP contribution in [0.4, 0.5) is 21.8 Å². The number of hydrogen-bond donors (Lipinski definition) is 3. The number of halogens is 1. The number of sulfone groups is 1. The van der Waals surface area contributed by atoms with Crippen molar-refractivity contribution in [2.75, 3.05) is 23.9 Å². The minimum Gasteiger partial charge on any atom is -0.420 e. The lowest BCUT2D eigenvalue weighted by molar-refractivity contribution is 0.299. The Hall–Kier alpha value is -3.90. The highest BCUT2D eigenvalue weighted by Crippen LogP contribution is 2.28. The number of aliphatic hydroxyl groups excluding tert-OH is 1. The number of nitrogens with two attached hydrogens (primary N) is 1. The van der Waals surface area contributed by atoms with Gasteiger partial charge in [0.15, 0.2) is 9.84 Å². The van der Waals surface area contributed by atoms with Crippen LogP contribution in [0.5, 0.6) is 0 Å². The predicted octanol–water partition coefficient (Wildman–Crippen LogP) is 3.91. The zero-order valence-electron chi connectivity index (χ0n) is 20.9. The molecular formula is C25H29FN6O4S. The number of rotatable bonds is 6. The van der Waals surface area contributed by atoms with Gasteiger partial charge in [-0.25, -0.2) is 17.8 Å². The van der Waals surface area contributed by atoms with Gasteiger partial charge in [-0.05, 0) is 30.2 Å². The summed E-state index contributed by atoms with van der Waals surface area (Å²) in [6, 6.07) is 13.6. The maximum absolute atomic E-state index is 14.0. The van der Waals surface area contributed by atoms with Crippen molar-refractivity contribution in [3.05, 3.63) is 72.0 Å². The van der Waals surface area contributed by atoms with Crippen molar-refractivity contribution in [2.45, 2.75) is 37.5 Å². The Morgan fingerprint density at radius 1 is 1.11 bits per heavy atom. The highest BCUT2D eigenvalue weighted by Gasteiger charge is 2.23. The molecule has 10 nitrogen and oxygen atoms in total. The molecule has 0 saturated carbocycles. The van der Waals surface area contributed by atoms with E-state index < -0.39 is 15.7 Å². The molecule has 196 valence electrons. The van der Waals surface area contributed by atoms with Crippen LogP contribution in [0.25, 0.3) is 11.5 Å². The van der Waals surface area contributed by atoms with Gasteiger partial charge in [0.05, 0.1) is 5.56 Å². The average Bonchev–Trinajstić information content (AvgIpc) is 3.30. The number of nitrogens with one attached hydrogen (secondary N) is 1. The van der Waals surface area contributed by atoms with Gasteiger partial charge >= 0.3 is 0 Å². The number of hydrogen-bond acceptors (Lipinski definition) is 10. The molecule has 37 heavy (non-hydrogen) atoms. The summed E-state index contributed by atoms with van der Waals surface area (Å²) >= 11 is 0. The van der Waals surface area contributed by atoms with Crippen LogP contribution in [-0.2, 0) is 21.7 Å². The summed E-state index contributed by atoms with van der Waals surface area (Å²) in [4.78, 5) is 7.83. The second-order valence-electron chi connectivity index (χ2n) is 9.16. The lowest BCUT2D eigenvalue weighted by Gasteiger charge is -2.11. The minimum absolute atomic E-state index is 0.0924. The van der Waals surface area contributed by atoms with Crippen molar-refractivity contribution in [2.24, 2.45) is 0 Å². The third-order valence-electron chi connectivity index (χ3n) is 4.95. The number of aromatic nitrogens is 4. The molecule has 0 radical (unpaired) electrons. The Bertz CT molecular complexity index is 1450. The molecule has 0 amide bonds. The molecule has 0 aliphatic heterocycles. The smallest absolute Gasteiger partial charge is 0.253 e. The number of nitrogen functional groups attached to an aromatic ring is 1. The molecule has 4 N–H and O–H groups in total. The molecular weight excluding hydrogens is 499 g/mol. The molecule has 0 aliphatic carbocycles. The third kappa shape index (κ3) is 7.54. The van der Waals surface area contributed by atoms with E-state index in [1.807, 2.05) is 51.1 Å². The van der Waals surface area contributed by atoms with E-state index in [4.69, 9.17) is 15.3 Å². The lowest BCUT2D eigenvalue weighted by Crippen LogP contribution is -2.11. The van der Waals surface area contributed by atoms with Crippen LogP contribution in [0, 0.1) is 5.82 Å². The highest BCUT2D eigenvalue weighted by atomic mass is 32.2. The molecule has 0 fully saturated rings. The lowest BCUT2D eigenvalue weighted by atomic mass is 9.97. The second kappa shape index (κ2) is 11.4. The van der Waals surface area contributed by atoms with Crippen molar-refractivity contribution in [1.82, 2.24) is 20.2 Å². The zero-order chi connectivity index (χ0) is 27.2. The fourth-order valence-electron chi connectivity index (χ4n) is 3.04. The fraction of sp³-hybridized carbons (Fsp3) is 0.280. The van der Waals surface area contributed by atoms with Crippen LogP contribution < -0.4 is 11.1 Å². The summed E-state index contributed by atoms with van der Waals surface area (Å²) in [5.41, 5.74) is 7.48. The van der Waals surface area contributed by atoms with Crippen LogP contribution in [-0.4, -0.2) is 46.6 Å². The van der Waals surface area contributed by atoms with Gasteiger partial charge in [-0.1, -0.05) is 51.1 Å². The van der Waals surface area contributed by atoms with Gasteiger partial charge in [0, 0.05) is 30.2 Å². The summed E-state index contributed by atoms with van der Waals surface area (Å²) in [5.74, 6) is -0.0427. The van der Waals surface area contributed by atoms with Crippen LogP contribution in [0.15, 0.2) is 64.0 Å². The van der Waals surface area contributed by atoms with Crippen LogP contribution >= 0.6 is 0 Å². The number of benzene rings is 2. The summed E-state index contributed by atoms with van der Waals surface area (Å²) in [6.45, 7) is 6.05. The normalized spacial score (nSPS) is 11.5. The Morgan fingerprint density at radius 3 is 2.35 bits per heavy atom. The van der Waals surface area contributed by atoms with Gasteiger partial charge in [-0.15, -0.1) is 10.2 Å². The zero-order valence-corrected chi connectivity index (χ0v) is 21.8. The van der Waals surface area contributed by atoms with Gasteiger partial charge in [0.1, 0.15) is 16.5 Å². The molecule has 0 bridgehead atoms. The monoisotopic (exact) mass is 528 g/mol. The Morgan fingerprint density at radius 2 is 1.81 bits per heavy atom. The first-order valence-corrected chi connectivity index (χ1v) is 13.2. The van der Waals surface area contributed by atoms with Crippen molar-refractivity contribution >= 4 is 27.3 Å². The average molecular weight is 529 g/mol. The van der Waals surface area contributed by atoms with Crippen molar-refractivity contribution in [3.63, 3.8) is 0 Å². The van der Waals surface area contributed by atoms with E-state index in [1.54, 1.807) is 0 Å². The molecule has 0 saturated heterocycles. The number of anilines is 3. The van der Waals surface area contributed by atoms with Gasteiger partial charge in [-0.3, -0.25) is 0 Å². The molecule has 0 aliphatic rings. The van der Waals surface area contributed by atoms with Crippen LogP contribution in [0.2, 0.25) is 0 Å². The van der Waals surface area contributed by atoms with Gasteiger partial charge < -0.3 is 20.6 Å². The summed E-state index contributed by atoms with van der Waals surface area (Å²) in [6.07, 6.45) is 3.11. The molecule has 4 aromatic rings. The molecule has 2 aromatic heterocycles. The van der Waals surface area contributed by atoms with Gasteiger partial charge in [-0.2, -0.15) is 4.98 Å². The van der Waals surface area contributed by atoms with E-state index in [9.17, 15) is 12.8 Å².